The molecule has 1 aromatic rings. The highest BCUT2D eigenvalue weighted by molar-refractivity contribution is 5.42. The largest absolute Gasteiger partial charge is 0.356 e. The summed E-state index contributed by atoms with van der Waals surface area (Å²) < 4.78 is 0. The number of anilines is 2. The highest BCUT2D eigenvalue weighted by Crippen LogP contribution is 2.17. The molecule has 2 fully saturated rings. The van der Waals surface area contributed by atoms with Crippen molar-refractivity contribution < 1.29 is 0 Å². The van der Waals surface area contributed by atoms with Crippen molar-refractivity contribution in [1.29, 1.82) is 0 Å². The van der Waals surface area contributed by atoms with Crippen LogP contribution in [-0.2, 0) is 0 Å². The van der Waals surface area contributed by atoms with Gasteiger partial charge in [-0.15, -0.1) is 0 Å². The van der Waals surface area contributed by atoms with Gasteiger partial charge in [-0.3, -0.25) is 0 Å². The van der Waals surface area contributed by atoms with E-state index < -0.39 is 0 Å². The minimum absolute atomic E-state index is 0.773. The molecule has 6 nitrogen and oxygen atoms in total. The Morgan fingerprint density at radius 3 is 2.50 bits per heavy atom. The second-order valence-electron chi connectivity index (χ2n) is 7.06. The first-order chi connectivity index (χ1) is 11.8. The van der Waals surface area contributed by atoms with E-state index in [-0.39, 0.29) is 0 Å². The lowest BCUT2D eigenvalue weighted by Crippen LogP contribution is -2.44. The van der Waals surface area contributed by atoms with E-state index in [0.29, 0.717) is 0 Å². The maximum absolute atomic E-state index is 4.72. The minimum atomic E-state index is 0.773. The van der Waals surface area contributed by atoms with Crippen LogP contribution in [0.1, 0.15) is 32.1 Å². The monoisotopic (exact) mass is 332 g/mol. The van der Waals surface area contributed by atoms with E-state index in [1.165, 1.54) is 51.9 Å². The molecule has 2 aliphatic rings. The number of hydrogen-bond donors (Lipinski definition) is 1. The molecule has 0 aliphatic carbocycles. The van der Waals surface area contributed by atoms with Gasteiger partial charge in [-0.25, -0.2) is 4.98 Å². The maximum Gasteiger partial charge on any atom is 0.224 e. The van der Waals surface area contributed by atoms with E-state index >= 15 is 0 Å². The van der Waals surface area contributed by atoms with Crippen molar-refractivity contribution in [3.63, 3.8) is 0 Å². The Kier molecular flexibility index (Phi) is 6.66. The van der Waals surface area contributed by atoms with E-state index in [1.807, 2.05) is 12.3 Å². The fourth-order valence-electron chi connectivity index (χ4n) is 3.48. The Bertz CT molecular complexity index is 478. The molecule has 2 aliphatic heterocycles. The average molecular weight is 332 g/mol. The molecule has 0 bridgehead atoms. The second kappa shape index (κ2) is 9.18. The average Bonchev–Trinajstić information content (AvgIpc) is 2.90. The highest BCUT2D eigenvalue weighted by Gasteiger charge is 2.13. The predicted octanol–water partition coefficient (Wildman–Crippen LogP) is 1.91. The molecule has 0 aromatic carbocycles. The van der Waals surface area contributed by atoms with Gasteiger partial charge in [0.05, 0.1) is 0 Å². The Morgan fingerprint density at radius 1 is 1.00 bits per heavy atom. The third-order valence-corrected chi connectivity index (χ3v) is 5.10. The summed E-state index contributed by atoms with van der Waals surface area (Å²) in [6, 6.07) is 2.04. The van der Waals surface area contributed by atoms with Crippen LogP contribution in [0.25, 0.3) is 0 Å². The van der Waals surface area contributed by atoms with Crippen molar-refractivity contribution in [2.24, 2.45) is 0 Å². The number of piperazine rings is 1. The molecule has 3 rings (SSSR count). The normalized spacial score (nSPS) is 20.8. The lowest BCUT2D eigenvalue weighted by molar-refractivity contribution is 0.154. The van der Waals surface area contributed by atoms with Gasteiger partial charge in [-0.1, -0.05) is 12.8 Å². The summed E-state index contributed by atoms with van der Waals surface area (Å²) in [5, 5.41) is 3.40. The molecule has 1 aromatic heterocycles. The first kappa shape index (κ1) is 17.4. The number of likely N-dealkylation sites (N-methyl/N-ethyl adjacent to an activating group) is 1. The van der Waals surface area contributed by atoms with E-state index in [1.54, 1.807) is 0 Å². The predicted molar refractivity (Wildman–Crippen MR) is 99.8 cm³/mol. The maximum atomic E-state index is 4.72. The SMILES string of the molecule is CN1CCN(CCCNc2nccc(N3CCCCCC3)n2)CC1. The topological polar surface area (TPSA) is 47.5 Å². The summed E-state index contributed by atoms with van der Waals surface area (Å²) in [5.41, 5.74) is 0. The van der Waals surface area contributed by atoms with Crippen LogP contribution in [-0.4, -0.2) is 79.2 Å². The van der Waals surface area contributed by atoms with Crippen LogP contribution in [0.5, 0.6) is 0 Å². The van der Waals surface area contributed by atoms with Crippen LogP contribution in [0.2, 0.25) is 0 Å². The molecule has 0 atom stereocenters. The van der Waals surface area contributed by atoms with Crippen LogP contribution in [0, 0.1) is 0 Å². The number of nitrogens with one attached hydrogen (secondary N) is 1. The fraction of sp³-hybridized carbons (Fsp3) is 0.778. The van der Waals surface area contributed by atoms with Crippen molar-refractivity contribution in [3.8, 4) is 0 Å². The Morgan fingerprint density at radius 2 is 1.75 bits per heavy atom. The van der Waals surface area contributed by atoms with Crippen molar-refractivity contribution in [3.05, 3.63) is 12.3 Å². The highest BCUT2D eigenvalue weighted by atomic mass is 15.2. The molecule has 0 radical (unpaired) electrons. The number of nitrogens with zero attached hydrogens (tertiary/aromatic N) is 5. The third-order valence-electron chi connectivity index (χ3n) is 5.10. The van der Waals surface area contributed by atoms with Gasteiger partial charge >= 0.3 is 0 Å². The molecule has 2 saturated heterocycles. The number of rotatable bonds is 6. The molecule has 0 amide bonds. The molecule has 0 saturated carbocycles. The third kappa shape index (κ3) is 5.31. The molecule has 0 spiro atoms. The summed E-state index contributed by atoms with van der Waals surface area (Å²) in [6.45, 7) is 9.11. The van der Waals surface area contributed by atoms with Gasteiger partial charge in [0.15, 0.2) is 0 Å². The van der Waals surface area contributed by atoms with Gasteiger partial charge in [-0.05, 0) is 38.9 Å². The fourth-order valence-corrected chi connectivity index (χ4v) is 3.48. The van der Waals surface area contributed by atoms with E-state index in [2.05, 4.69) is 32.0 Å². The van der Waals surface area contributed by atoms with Crippen LogP contribution in [0.4, 0.5) is 11.8 Å². The minimum Gasteiger partial charge on any atom is -0.356 e. The van der Waals surface area contributed by atoms with Crippen molar-refractivity contribution in [2.75, 3.05) is 69.6 Å². The summed E-state index contributed by atoms with van der Waals surface area (Å²) in [7, 11) is 2.20. The number of hydrogen-bond acceptors (Lipinski definition) is 6. The molecule has 3 heterocycles. The van der Waals surface area contributed by atoms with Gasteiger partial charge in [0, 0.05) is 52.0 Å². The second-order valence-corrected chi connectivity index (χ2v) is 7.06. The van der Waals surface area contributed by atoms with Gasteiger partial charge in [0.1, 0.15) is 5.82 Å². The summed E-state index contributed by atoms with van der Waals surface area (Å²) in [5.74, 6) is 1.85. The van der Waals surface area contributed by atoms with Gasteiger partial charge in [0.2, 0.25) is 5.95 Å². The molecule has 0 unspecified atom stereocenters. The van der Waals surface area contributed by atoms with Gasteiger partial charge < -0.3 is 20.0 Å². The summed E-state index contributed by atoms with van der Waals surface area (Å²) in [4.78, 5) is 16.5. The first-order valence-corrected chi connectivity index (χ1v) is 9.54. The number of aromatic nitrogens is 2. The zero-order chi connectivity index (χ0) is 16.6. The summed E-state index contributed by atoms with van der Waals surface area (Å²) in [6.07, 6.45) is 8.27. The van der Waals surface area contributed by atoms with Crippen LogP contribution in [0.3, 0.4) is 0 Å². The Balaban J connectivity index is 1.41. The van der Waals surface area contributed by atoms with E-state index in [0.717, 1.165) is 44.4 Å². The van der Waals surface area contributed by atoms with Gasteiger partial charge in [-0.2, -0.15) is 4.98 Å². The zero-order valence-electron chi connectivity index (χ0n) is 15.1. The Hall–Kier alpha value is -1.40. The van der Waals surface area contributed by atoms with E-state index in [9.17, 15) is 0 Å². The smallest absolute Gasteiger partial charge is 0.224 e. The Labute approximate surface area is 146 Å². The lowest BCUT2D eigenvalue weighted by atomic mass is 10.2. The lowest BCUT2D eigenvalue weighted by Gasteiger charge is -2.32. The molecule has 1 N–H and O–H groups in total. The molecule has 134 valence electrons. The van der Waals surface area contributed by atoms with Crippen LogP contribution in [0.15, 0.2) is 12.3 Å². The van der Waals surface area contributed by atoms with Crippen molar-refractivity contribution in [2.45, 2.75) is 32.1 Å². The molecular weight excluding hydrogens is 300 g/mol. The molecular formula is C18H32N6. The first-order valence-electron chi connectivity index (χ1n) is 9.54. The molecule has 6 heteroatoms. The van der Waals surface area contributed by atoms with Crippen LogP contribution < -0.4 is 10.2 Å². The van der Waals surface area contributed by atoms with E-state index in [4.69, 9.17) is 4.98 Å². The molecule has 24 heavy (non-hydrogen) atoms. The quantitative estimate of drug-likeness (QED) is 0.803. The van der Waals surface area contributed by atoms with Crippen molar-refractivity contribution >= 4 is 11.8 Å². The van der Waals surface area contributed by atoms with Crippen molar-refractivity contribution in [1.82, 2.24) is 19.8 Å². The van der Waals surface area contributed by atoms with Gasteiger partial charge in [0.25, 0.3) is 0 Å². The zero-order valence-corrected chi connectivity index (χ0v) is 15.1. The summed E-state index contributed by atoms with van der Waals surface area (Å²) >= 11 is 0. The van der Waals surface area contributed by atoms with Crippen LogP contribution >= 0.6 is 0 Å². The standard InChI is InChI=1S/C18H32N6/c1-22-13-15-23(16-14-22)10-6-8-19-18-20-9-7-17(21-18)24-11-4-2-3-5-12-24/h7,9H,2-6,8,10-16H2,1H3,(H,19,20,21).